The highest BCUT2D eigenvalue weighted by molar-refractivity contribution is 9.10. The second kappa shape index (κ2) is 5.93. The Kier molecular flexibility index (Phi) is 3.62. The van der Waals surface area contributed by atoms with Crippen molar-refractivity contribution in [1.29, 1.82) is 0 Å². The van der Waals surface area contributed by atoms with Crippen molar-refractivity contribution in [3.8, 4) is 11.5 Å². The van der Waals surface area contributed by atoms with Gasteiger partial charge in [-0.05, 0) is 36.4 Å². The number of aromatic nitrogens is 3. The molecule has 0 aliphatic rings. The van der Waals surface area contributed by atoms with Gasteiger partial charge in [0.25, 0.3) is 5.91 Å². The minimum Gasteiger partial charge on any atom is -0.443 e. The Balaban J connectivity index is 1.60. The fraction of sp³-hybridized carbons (Fsp3) is 0. The Bertz CT molecular complexity index is 1020. The van der Waals surface area contributed by atoms with Gasteiger partial charge in [-0.3, -0.25) is 9.78 Å². The lowest BCUT2D eigenvalue weighted by atomic mass is 10.2. The molecule has 0 fully saturated rings. The molecule has 0 bridgehead atoms. The summed E-state index contributed by atoms with van der Waals surface area (Å²) < 4.78 is 6.40. The number of nitrogens with one attached hydrogen (secondary N) is 2. The Morgan fingerprint density at radius 2 is 2.04 bits per heavy atom. The van der Waals surface area contributed by atoms with Crippen LogP contribution in [0.5, 0.6) is 0 Å². The van der Waals surface area contributed by atoms with Crippen LogP contribution in [0.1, 0.15) is 10.5 Å². The summed E-state index contributed by atoms with van der Waals surface area (Å²) >= 11 is 3.35. The number of nitrogens with zero attached hydrogens (tertiary/aromatic N) is 2. The number of halogens is 1. The van der Waals surface area contributed by atoms with E-state index >= 15 is 0 Å². The third kappa shape index (κ3) is 2.69. The third-order valence-corrected chi connectivity index (χ3v) is 4.03. The van der Waals surface area contributed by atoms with E-state index in [1.807, 2.05) is 24.3 Å². The molecule has 0 saturated heterocycles. The lowest BCUT2D eigenvalue weighted by molar-refractivity contribution is 0.102. The van der Waals surface area contributed by atoms with Crippen LogP contribution < -0.4 is 5.32 Å². The second-order valence-corrected chi connectivity index (χ2v) is 6.02. The first-order valence-corrected chi connectivity index (χ1v) is 7.95. The fourth-order valence-corrected chi connectivity index (χ4v) is 2.61. The third-order valence-electron chi connectivity index (χ3n) is 3.50. The number of benzene rings is 1. The van der Waals surface area contributed by atoms with E-state index in [0.717, 1.165) is 15.5 Å². The van der Waals surface area contributed by atoms with Crippen LogP contribution in [0.3, 0.4) is 0 Å². The molecule has 0 saturated carbocycles. The average Bonchev–Trinajstić information content (AvgIpc) is 3.23. The first-order chi connectivity index (χ1) is 11.7. The van der Waals surface area contributed by atoms with Gasteiger partial charge in [0.2, 0.25) is 5.89 Å². The number of oxazole rings is 1. The Morgan fingerprint density at radius 1 is 1.21 bits per heavy atom. The number of hydrogen-bond acceptors (Lipinski definition) is 4. The summed E-state index contributed by atoms with van der Waals surface area (Å²) in [7, 11) is 0. The van der Waals surface area contributed by atoms with Gasteiger partial charge in [0, 0.05) is 22.6 Å². The molecule has 0 atom stereocenters. The van der Waals surface area contributed by atoms with Gasteiger partial charge in [0.15, 0.2) is 5.69 Å². The maximum Gasteiger partial charge on any atom is 0.277 e. The number of amides is 1. The molecule has 24 heavy (non-hydrogen) atoms. The highest BCUT2D eigenvalue weighted by atomic mass is 79.9. The predicted octanol–water partition coefficient (Wildman–Crippen LogP) is 4.23. The average molecular weight is 383 g/mol. The first kappa shape index (κ1) is 14.6. The fourth-order valence-electron chi connectivity index (χ4n) is 2.35. The summed E-state index contributed by atoms with van der Waals surface area (Å²) in [6.45, 7) is 0. The van der Waals surface area contributed by atoms with E-state index < -0.39 is 0 Å². The Morgan fingerprint density at radius 3 is 2.88 bits per heavy atom. The van der Waals surface area contributed by atoms with Crippen molar-refractivity contribution in [2.24, 2.45) is 0 Å². The monoisotopic (exact) mass is 382 g/mol. The molecule has 7 heteroatoms. The maximum absolute atomic E-state index is 12.3. The minimum absolute atomic E-state index is 0.207. The molecule has 4 rings (SSSR count). The standard InChI is InChI=1S/C17H11BrN4O2/c18-10-3-5-11(6-4-10)21-16(23)14-9-24-17(22-14)12-8-20-13-2-1-7-19-15(12)13/h1-9,20H,(H,21,23). The van der Waals surface area contributed by atoms with Crippen LogP contribution in [0.25, 0.3) is 22.5 Å². The van der Waals surface area contributed by atoms with Gasteiger partial charge in [0.1, 0.15) is 11.8 Å². The molecule has 1 amide bonds. The number of carbonyl (C=O) groups excluding carboxylic acids is 1. The first-order valence-electron chi connectivity index (χ1n) is 7.15. The van der Waals surface area contributed by atoms with E-state index in [4.69, 9.17) is 4.42 Å². The summed E-state index contributed by atoms with van der Waals surface area (Å²) in [6.07, 6.45) is 4.80. The molecule has 3 heterocycles. The Labute approximate surface area is 145 Å². The lowest BCUT2D eigenvalue weighted by Gasteiger charge is -2.02. The zero-order valence-corrected chi connectivity index (χ0v) is 13.9. The van der Waals surface area contributed by atoms with Crippen molar-refractivity contribution in [2.45, 2.75) is 0 Å². The zero-order chi connectivity index (χ0) is 16.5. The van der Waals surface area contributed by atoms with Gasteiger partial charge in [-0.2, -0.15) is 0 Å². The number of hydrogen-bond donors (Lipinski definition) is 2. The molecule has 0 aliphatic carbocycles. The van der Waals surface area contributed by atoms with Crippen LogP contribution in [-0.4, -0.2) is 20.9 Å². The molecule has 1 aromatic carbocycles. The van der Waals surface area contributed by atoms with Gasteiger partial charge in [-0.25, -0.2) is 4.98 Å². The molecule has 0 spiro atoms. The number of fused-ring (bicyclic) bond motifs is 1. The normalized spacial score (nSPS) is 10.9. The molecule has 3 aromatic heterocycles. The van der Waals surface area contributed by atoms with Gasteiger partial charge in [-0.15, -0.1) is 0 Å². The number of pyridine rings is 1. The van der Waals surface area contributed by atoms with Crippen molar-refractivity contribution in [3.63, 3.8) is 0 Å². The van der Waals surface area contributed by atoms with Crippen LogP contribution in [-0.2, 0) is 0 Å². The van der Waals surface area contributed by atoms with Crippen LogP contribution in [0.2, 0.25) is 0 Å². The van der Waals surface area contributed by atoms with E-state index in [1.165, 1.54) is 6.26 Å². The van der Waals surface area contributed by atoms with Crippen molar-refractivity contribution < 1.29 is 9.21 Å². The molecule has 6 nitrogen and oxygen atoms in total. The van der Waals surface area contributed by atoms with Crippen molar-refractivity contribution in [2.75, 3.05) is 5.32 Å². The molecule has 0 radical (unpaired) electrons. The summed E-state index contributed by atoms with van der Waals surface area (Å²) in [5, 5.41) is 2.78. The summed E-state index contributed by atoms with van der Waals surface area (Å²) in [5.41, 5.74) is 3.23. The van der Waals surface area contributed by atoms with E-state index in [2.05, 4.69) is 36.2 Å². The minimum atomic E-state index is -0.333. The molecule has 118 valence electrons. The quantitative estimate of drug-likeness (QED) is 0.555. The van der Waals surface area contributed by atoms with Crippen molar-refractivity contribution in [3.05, 3.63) is 65.2 Å². The van der Waals surface area contributed by atoms with Gasteiger partial charge >= 0.3 is 0 Å². The highest BCUT2D eigenvalue weighted by Crippen LogP contribution is 2.26. The molecular formula is C17H11BrN4O2. The Hall–Kier alpha value is -2.93. The zero-order valence-electron chi connectivity index (χ0n) is 12.3. The van der Waals surface area contributed by atoms with Crippen LogP contribution in [0.4, 0.5) is 5.69 Å². The summed E-state index contributed by atoms with van der Waals surface area (Å²) in [4.78, 5) is 24.0. The van der Waals surface area contributed by atoms with Crippen molar-refractivity contribution in [1.82, 2.24) is 15.0 Å². The molecule has 4 aromatic rings. The number of anilines is 1. The number of carbonyl (C=O) groups is 1. The SMILES string of the molecule is O=C(Nc1ccc(Br)cc1)c1coc(-c2c[nH]c3cccnc23)n1. The molecular weight excluding hydrogens is 372 g/mol. The van der Waals surface area contributed by atoms with Crippen LogP contribution >= 0.6 is 15.9 Å². The lowest BCUT2D eigenvalue weighted by Crippen LogP contribution is -2.12. The summed E-state index contributed by atoms with van der Waals surface area (Å²) in [6, 6.07) is 11.0. The number of rotatable bonds is 3. The van der Waals surface area contributed by atoms with Crippen molar-refractivity contribution >= 4 is 38.6 Å². The smallest absolute Gasteiger partial charge is 0.277 e. The van der Waals surface area contributed by atoms with Crippen LogP contribution in [0, 0.1) is 0 Å². The van der Waals surface area contributed by atoms with Gasteiger partial charge in [-0.1, -0.05) is 15.9 Å². The van der Waals surface area contributed by atoms with Crippen LogP contribution in [0.15, 0.2) is 63.9 Å². The van der Waals surface area contributed by atoms with E-state index in [9.17, 15) is 4.79 Å². The van der Waals surface area contributed by atoms with E-state index in [1.54, 1.807) is 24.5 Å². The molecule has 0 unspecified atom stereocenters. The second-order valence-electron chi connectivity index (χ2n) is 5.10. The number of aromatic amines is 1. The van der Waals surface area contributed by atoms with E-state index in [0.29, 0.717) is 17.1 Å². The summed E-state index contributed by atoms with van der Waals surface area (Å²) in [5.74, 6) is 0.0148. The maximum atomic E-state index is 12.3. The van der Waals surface area contributed by atoms with Gasteiger partial charge in [0.05, 0.1) is 11.1 Å². The largest absolute Gasteiger partial charge is 0.443 e. The predicted molar refractivity (Wildman–Crippen MR) is 93.7 cm³/mol. The molecule has 2 N–H and O–H groups in total. The molecule has 0 aliphatic heterocycles. The topological polar surface area (TPSA) is 83.8 Å². The van der Waals surface area contributed by atoms with E-state index in [-0.39, 0.29) is 11.6 Å². The highest BCUT2D eigenvalue weighted by Gasteiger charge is 2.16. The number of H-pyrrole nitrogens is 1. The van der Waals surface area contributed by atoms with Gasteiger partial charge < -0.3 is 14.7 Å².